The number of esters is 1. The maximum atomic E-state index is 13.7. The lowest BCUT2D eigenvalue weighted by atomic mass is 9.74. The van der Waals surface area contributed by atoms with Gasteiger partial charge in [-0.25, -0.2) is 4.79 Å². The van der Waals surface area contributed by atoms with Crippen LogP contribution in [0.2, 0.25) is 0 Å². The molecule has 0 unspecified atom stereocenters. The molecule has 1 aromatic carbocycles. The fourth-order valence-corrected chi connectivity index (χ4v) is 7.35. The molecule has 0 aromatic heterocycles. The van der Waals surface area contributed by atoms with E-state index in [-0.39, 0.29) is 60.1 Å². The van der Waals surface area contributed by atoms with E-state index in [2.05, 4.69) is 21.3 Å². The van der Waals surface area contributed by atoms with Crippen molar-refractivity contribution >= 4 is 29.8 Å². The van der Waals surface area contributed by atoms with E-state index < -0.39 is 29.7 Å². The molecular weight excluding hydrogens is 624 g/mol. The van der Waals surface area contributed by atoms with Crippen molar-refractivity contribution in [1.82, 2.24) is 21.3 Å². The van der Waals surface area contributed by atoms with Gasteiger partial charge in [-0.05, 0) is 90.5 Å². The molecule has 8 atom stereocenters. The van der Waals surface area contributed by atoms with E-state index in [1.807, 2.05) is 44.2 Å². The largest absolute Gasteiger partial charge is 0.461 e. The number of benzene rings is 1. The molecule has 2 aliphatic rings. The number of amides is 4. The molecule has 4 N–H and O–H groups in total. The summed E-state index contributed by atoms with van der Waals surface area (Å²) in [6.07, 6.45) is 7.40. The summed E-state index contributed by atoms with van der Waals surface area (Å²) in [5.41, 5.74) is 0.248. The average Bonchev–Trinajstić information content (AvgIpc) is 3.05. The van der Waals surface area contributed by atoms with Gasteiger partial charge < -0.3 is 30.7 Å². The van der Waals surface area contributed by atoms with Gasteiger partial charge in [0.2, 0.25) is 17.7 Å². The first-order valence-electron chi connectivity index (χ1n) is 18.3. The number of carbonyl (C=O) groups is 5. The molecule has 0 bridgehead atoms. The Labute approximate surface area is 292 Å². The molecule has 0 radical (unpaired) electrons. The summed E-state index contributed by atoms with van der Waals surface area (Å²) in [4.78, 5) is 65.7. The SMILES string of the molecule is CC[C@@H](C(=O)N[C@H](C)C(=O)N[C@H]1CCCC[C@@H]1[C@@H](CC)C(=O)OCc1ccccc1)[C@H]1CCCC[C@@H]1NC(=O)[C@@H](C)NC(=O)OC(C)(C)C. The van der Waals surface area contributed by atoms with Gasteiger partial charge in [-0.2, -0.15) is 0 Å². The van der Waals surface area contributed by atoms with Gasteiger partial charge in [0.1, 0.15) is 24.3 Å². The van der Waals surface area contributed by atoms with Crippen molar-refractivity contribution in [3.05, 3.63) is 35.9 Å². The van der Waals surface area contributed by atoms with E-state index in [0.717, 1.165) is 56.9 Å². The van der Waals surface area contributed by atoms with Crippen LogP contribution in [-0.2, 0) is 35.3 Å². The zero-order chi connectivity index (χ0) is 36.1. The van der Waals surface area contributed by atoms with Gasteiger partial charge in [0, 0.05) is 18.0 Å². The van der Waals surface area contributed by atoms with Crippen molar-refractivity contribution in [3.63, 3.8) is 0 Å². The first-order chi connectivity index (χ1) is 23.2. The van der Waals surface area contributed by atoms with E-state index in [0.29, 0.717) is 12.8 Å². The molecule has 0 spiro atoms. The van der Waals surface area contributed by atoms with Crippen molar-refractivity contribution in [2.45, 2.75) is 149 Å². The minimum Gasteiger partial charge on any atom is -0.461 e. The topological polar surface area (TPSA) is 152 Å². The number of rotatable bonds is 14. The number of hydrogen-bond acceptors (Lipinski definition) is 7. The first kappa shape index (κ1) is 39.8. The molecule has 3 rings (SSSR count). The fourth-order valence-electron chi connectivity index (χ4n) is 7.35. The Kier molecular flexibility index (Phi) is 15.4. The smallest absolute Gasteiger partial charge is 0.408 e. The molecule has 0 aliphatic heterocycles. The minimum absolute atomic E-state index is 0.0453. The van der Waals surface area contributed by atoms with Gasteiger partial charge in [-0.1, -0.05) is 69.9 Å². The normalized spacial score (nSPS) is 23.5. The second-order valence-electron chi connectivity index (χ2n) is 14.8. The van der Waals surface area contributed by atoms with Gasteiger partial charge in [-0.3, -0.25) is 19.2 Å². The van der Waals surface area contributed by atoms with Crippen LogP contribution in [0.5, 0.6) is 0 Å². The summed E-state index contributed by atoms with van der Waals surface area (Å²) in [5.74, 6) is -1.95. The molecule has 4 amide bonds. The van der Waals surface area contributed by atoms with Crippen LogP contribution in [0, 0.1) is 23.7 Å². The van der Waals surface area contributed by atoms with Crippen molar-refractivity contribution < 1.29 is 33.4 Å². The van der Waals surface area contributed by atoms with Crippen LogP contribution in [0.15, 0.2) is 30.3 Å². The third-order valence-corrected chi connectivity index (χ3v) is 9.95. The summed E-state index contributed by atoms with van der Waals surface area (Å²) < 4.78 is 11.0. The zero-order valence-corrected chi connectivity index (χ0v) is 30.6. The summed E-state index contributed by atoms with van der Waals surface area (Å²) in [7, 11) is 0. The Morgan fingerprint density at radius 3 is 1.71 bits per heavy atom. The average molecular weight is 685 g/mol. The van der Waals surface area contributed by atoms with Crippen molar-refractivity contribution in [2.75, 3.05) is 0 Å². The first-order valence-corrected chi connectivity index (χ1v) is 18.3. The highest BCUT2D eigenvalue weighted by atomic mass is 16.6. The Morgan fingerprint density at radius 1 is 0.714 bits per heavy atom. The lowest BCUT2D eigenvalue weighted by Crippen LogP contribution is -2.55. The highest BCUT2D eigenvalue weighted by Crippen LogP contribution is 2.34. The van der Waals surface area contributed by atoms with Crippen LogP contribution >= 0.6 is 0 Å². The third kappa shape index (κ3) is 12.3. The van der Waals surface area contributed by atoms with E-state index in [4.69, 9.17) is 9.47 Å². The van der Waals surface area contributed by atoms with E-state index >= 15 is 0 Å². The molecule has 49 heavy (non-hydrogen) atoms. The van der Waals surface area contributed by atoms with Crippen molar-refractivity contribution in [2.24, 2.45) is 23.7 Å². The Balaban J connectivity index is 1.58. The van der Waals surface area contributed by atoms with Crippen LogP contribution in [0.4, 0.5) is 4.79 Å². The second kappa shape index (κ2) is 18.9. The molecule has 2 aliphatic carbocycles. The number of hydrogen-bond donors (Lipinski definition) is 4. The Morgan fingerprint density at radius 2 is 1.20 bits per heavy atom. The van der Waals surface area contributed by atoms with Crippen LogP contribution < -0.4 is 21.3 Å². The molecule has 274 valence electrons. The molecule has 2 saturated carbocycles. The molecule has 1 aromatic rings. The predicted molar refractivity (Wildman–Crippen MR) is 188 cm³/mol. The molecule has 2 fully saturated rings. The van der Waals surface area contributed by atoms with Crippen molar-refractivity contribution in [3.8, 4) is 0 Å². The highest BCUT2D eigenvalue weighted by molar-refractivity contribution is 5.89. The number of nitrogens with one attached hydrogen (secondary N) is 4. The number of alkyl carbamates (subject to hydrolysis) is 1. The van der Waals surface area contributed by atoms with Crippen LogP contribution in [-0.4, -0.2) is 59.6 Å². The lowest BCUT2D eigenvalue weighted by molar-refractivity contribution is -0.153. The molecule has 11 nitrogen and oxygen atoms in total. The lowest BCUT2D eigenvalue weighted by Gasteiger charge is -2.38. The van der Waals surface area contributed by atoms with Gasteiger partial charge in [0.15, 0.2) is 0 Å². The number of carbonyl (C=O) groups excluding carboxylic acids is 5. The fraction of sp³-hybridized carbons (Fsp3) is 0.711. The summed E-state index contributed by atoms with van der Waals surface area (Å²) in [6, 6.07) is 7.59. The Hall–Kier alpha value is -3.63. The minimum atomic E-state index is -0.809. The third-order valence-electron chi connectivity index (χ3n) is 9.95. The number of ether oxygens (including phenoxy) is 2. The van der Waals surface area contributed by atoms with Crippen LogP contribution in [0.3, 0.4) is 0 Å². The van der Waals surface area contributed by atoms with Gasteiger partial charge in [0.25, 0.3) is 0 Å². The van der Waals surface area contributed by atoms with Crippen molar-refractivity contribution in [1.29, 1.82) is 0 Å². The van der Waals surface area contributed by atoms with Gasteiger partial charge >= 0.3 is 12.1 Å². The standard InChI is InChI=1S/C38H60N4O7/c1-8-27(29-19-13-15-21-31(29)41-34(44)25(4)40-37(47)49-38(5,6)7)35(45)39-24(3)33(43)42-32-22-16-14-20-30(32)28(9-2)36(46)48-23-26-17-11-10-12-18-26/h10-12,17-18,24-25,27-32H,8-9,13-16,19-23H2,1-7H3,(H,39,45)(H,40,47)(H,41,44)(H,42,43)/t24-,25-,27-,28-,29-,30-,31+,32+/m1/s1. The molecule has 11 heteroatoms. The van der Waals surface area contributed by atoms with E-state index in [9.17, 15) is 24.0 Å². The van der Waals surface area contributed by atoms with Crippen LogP contribution in [0.1, 0.15) is 118 Å². The van der Waals surface area contributed by atoms with E-state index in [1.54, 1.807) is 34.6 Å². The quantitative estimate of drug-likeness (QED) is 0.188. The summed E-state index contributed by atoms with van der Waals surface area (Å²) in [5, 5.41) is 11.8. The van der Waals surface area contributed by atoms with Crippen LogP contribution in [0.25, 0.3) is 0 Å². The Bertz CT molecular complexity index is 1250. The van der Waals surface area contributed by atoms with Gasteiger partial charge in [-0.15, -0.1) is 0 Å². The van der Waals surface area contributed by atoms with Gasteiger partial charge in [0.05, 0.1) is 5.92 Å². The monoisotopic (exact) mass is 684 g/mol. The zero-order valence-electron chi connectivity index (χ0n) is 30.6. The highest BCUT2D eigenvalue weighted by Gasteiger charge is 2.39. The molecule has 0 heterocycles. The molecular formula is C38H60N4O7. The summed E-state index contributed by atoms with van der Waals surface area (Å²) in [6.45, 7) is 12.7. The summed E-state index contributed by atoms with van der Waals surface area (Å²) >= 11 is 0. The molecule has 0 saturated heterocycles. The maximum Gasteiger partial charge on any atom is 0.408 e. The maximum absolute atomic E-state index is 13.7. The van der Waals surface area contributed by atoms with E-state index in [1.165, 1.54) is 0 Å². The predicted octanol–water partition coefficient (Wildman–Crippen LogP) is 5.55. The second-order valence-corrected chi connectivity index (χ2v) is 14.8.